The lowest BCUT2D eigenvalue weighted by Gasteiger charge is -2.34. The summed E-state index contributed by atoms with van der Waals surface area (Å²) in [6, 6.07) is 7.13. The molecule has 0 spiro atoms. The Bertz CT molecular complexity index is 414. The fourth-order valence-electron chi connectivity index (χ4n) is 2.08. The van der Waals surface area contributed by atoms with Gasteiger partial charge in [-0.2, -0.15) is 0 Å². The second-order valence-electron chi connectivity index (χ2n) is 4.67. The first-order valence-electron chi connectivity index (χ1n) is 5.27. The van der Waals surface area contributed by atoms with E-state index in [0.29, 0.717) is 11.4 Å². The van der Waals surface area contributed by atoms with Gasteiger partial charge in [0.25, 0.3) is 0 Å². The second-order valence-corrected chi connectivity index (χ2v) is 5.11. The fourth-order valence-corrected chi connectivity index (χ4v) is 2.21. The summed E-state index contributed by atoms with van der Waals surface area (Å²) in [5.74, 6) is 0.0693. The third-order valence-corrected chi connectivity index (χ3v) is 3.46. The van der Waals surface area contributed by atoms with Crippen LogP contribution in [0.1, 0.15) is 20.3 Å². The van der Waals surface area contributed by atoms with Gasteiger partial charge in [0.1, 0.15) is 0 Å². The van der Waals surface area contributed by atoms with Crippen molar-refractivity contribution in [3.05, 3.63) is 29.3 Å². The van der Waals surface area contributed by atoms with Crippen LogP contribution in [-0.4, -0.2) is 17.5 Å². The van der Waals surface area contributed by atoms with Gasteiger partial charge in [-0.1, -0.05) is 11.6 Å². The number of anilines is 1. The van der Waals surface area contributed by atoms with Crippen LogP contribution < -0.4 is 10.6 Å². The fraction of sp³-hybridized carbons (Fsp3) is 0.417. The first-order valence-corrected chi connectivity index (χ1v) is 5.65. The molecule has 0 aliphatic carbocycles. The van der Waals surface area contributed by atoms with Gasteiger partial charge < -0.3 is 10.6 Å². The van der Waals surface area contributed by atoms with Gasteiger partial charge in [-0.25, -0.2) is 0 Å². The number of carbonyl (C=O) groups is 1. The molecule has 0 saturated carbocycles. The monoisotopic (exact) mass is 238 g/mol. The lowest BCUT2D eigenvalue weighted by molar-refractivity contribution is -0.117. The number of benzene rings is 1. The average molecular weight is 239 g/mol. The second kappa shape index (κ2) is 3.75. The van der Waals surface area contributed by atoms with Gasteiger partial charge in [-0.3, -0.25) is 4.79 Å². The number of nitrogens with two attached hydrogens (primary N) is 1. The maximum atomic E-state index is 11.9. The van der Waals surface area contributed by atoms with E-state index in [-0.39, 0.29) is 17.5 Å². The predicted octanol–water partition coefficient (Wildman–Crippen LogP) is 2.18. The number of nitrogens with zero attached hydrogens (tertiary/aromatic N) is 1. The van der Waals surface area contributed by atoms with Crippen LogP contribution in [0.5, 0.6) is 0 Å². The zero-order chi connectivity index (χ0) is 11.9. The molecule has 4 heteroatoms. The third kappa shape index (κ3) is 1.70. The summed E-state index contributed by atoms with van der Waals surface area (Å²) in [5, 5.41) is 0.664. The molecule has 1 aromatic carbocycles. The SMILES string of the molecule is CC1(C)C(N)CC(=O)N1c1ccc(Cl)cc1. The Hall–Kier alpha value is -1.06. The lowest BCUT2D eigenvalue weighted by atomic mass is 9.96. The van der Waals surface area contributed by atoms with Gasteiger partial charge in [0.15, 0.2) is 0 Å². The summed E-state index contributed by atoms with van der Waals surface area (Å²) in [7, 11) is 0. The van der Waals surface area contributed by atoms with Crippen molar-refractivity contribution in [3.63, 3.8) is 0 Å². The van der Waals surface area contributed by atoms with E-state index < -0.39 is 0 Å². The predicted molar refractivity (Wildman–Crippen MR) is 65.6 cm³/mol. The van der Waals surface area contributed by atoms with E-state index in [0.717, 1.165) is 5.69 Å². The van der Waals surface area contributed by atoms with Crippen molar-refractivity contribution in [2.45, 2.75) is 31.8 Å². The van der Waals surface area contributed by atoms with Gasteiger partial charge in [-0.15, -0.1) is 0 Å². The number of carbonyl (C=O) groups excluding carboxylic acids is 1. The van der Waals surface area contributed by atoms with E-state index in [1.807, 2.05) is 26.0 Å². The van der Waals surface area contributed by atoms with E-state index in [9.17, 15) is 4.79 Å². The molecule has 1 aliphatic heterocycles. The van der Waals surface area contributed by atoms with Crippen molar-refractivity contribution >= 4 is 23.2 Å². The number of hydrogen-bond acceptors (Lipinski definition) is 2. The zero-order valence-corrected chi connectivity index (χ0v) is 10.2. The van der Waals surface area contributed by atoms with Crippen LogP contribution in [0.15, 0.2) is 24.3 Å². The molecule has 1 aliphatic rings. The highest BCUT2D eigenvalue weighted by atomic mass is 35.5. The number of amides is 1. The van der Waals surface area contributed by atoms with E-state index >= 15 is 0 Å². The van der Waals surface area contributed by atoms with Crippen LogP contribution in [0.4, 0.5) is 5.69 Å². The molecular weight excluding hydrogens is 224 g/mol. The number of hydrogen-bond donors (Lipinski definition) is 1. The molecule has 86 valence electrons. The van der Waals surface area contributed by atoms with Gasteiger partial charge in [-0.05, 0) is 38.1 Å². The van der Waals surface area contributed by atoms with Crippen molar-refractivity contribution in [3.8, 4) is 0 Å². The molecule has 1 saturated heterocycles. The summed E-state index contributed by atoms with van der Waals surface area (Å²) in [4.78, 5) is 13.7. The molecule has 1 fully saturated rings. The minimum Gasteiger partial charge on any atom is -0.325 e. The highest BCUT2D eigenvalue weighted by Crippen LogP contribution is 2.34. The molecule has 0 bridgehead atoms. The molecule has 2 N–H and O–H groups in total. The van der Waals surface area contributed by atoms with Crippen LogP contribution in [-0.2, 0) is 4.79 Å². The minimum absolute atomic E-state index is 0.0693. The van der Waals surface area contributed by atoms with Crippen molar-refractivity contribution in [1.82, 2.24) is 0 Å². The molecule has 1 aromatic rings. The molecule has 16 heavy (non-hydrogen) atoms. The standard InChI is InChI=1S/C12H15ClN2O/c1-12(2)10(14)7-11(16)15(12)9-5-3-8(13)4-6-9/h3-6,10H,7,14H2,1-2H3. The Morgan fingerprint density at radius 3 is 2.38 bits per heavy atom. The summed E-state index contributed by atoms with van der Waals surface area (Å²) < 4.78 is 0. The highest BCUT2D eigenvalue weighted by molar-refractivity contribution is 6.30. The smallest absolute Gasteiger partial charge is 0.229 e. The molecule has 0 aromatic heterocycles. The largest absolute Gasteiger partial charge is 0.325 e. The minimum atomic E-state index is -0.342. The van der Waals surface area contributed by atoms with Gasteiger partial charge in [0.05, 0.1) is 5.54 Å². The maximum Gasteiger partial charge on any atom is 0.229 e. The zero-order valence-electron chi connectivity index (χ0n) is 9.40. The Morgan fingerprint density at radius 1 is 1.38 bits per heavy atom. The third-order valence-electron chi connectivity index (χ3n) is 3.21. The van der Waals surface area contributed by atoms with Crippen LogP contribution in [0.25, 0.3) is 0 Å². The summed E-state index contributed by atoms with van der Waals surface area (Å²) in [6.07, 6.45) is 0.398. The average Bonchev–Trinajstić information content (AvgIpc) is 2.39. The van der Waals surface area contributed by atoms with Crippen molar-refractivity contribution < 1.29 is 4.79 Å². The molecule has 1 unspecified atom stereocenters. The summed E-state index contributed by atoms with van der Waals surface area (Å²) in [5.41, 5.74) is 6.48. The van der Waals surface area contributed by atoms with Crippen LogP contribution >= 0.6 is 11.6 Å². The first kappa shape index (κ1) is 11.4. The molecule has 3 nitrogen and oxygen atoms in total. The Kier molecular flexibility index (Phi) is 2.68. The van der Waals surface area contributed by atoms with E-state index in [4.69, 9.17) is 17.3 Å². The van der Waals surface area contributed by atoms with Gasteiger partial charge in [0.2, 0.25) is 5.91 Å². The molecule has 1 amide bonds. The Morgan fingerprint density at radius 2 is 1.94 bits per heavy atom. The molecule has 1 heterocycles. The van der Waals surface area contributed by atoms with Crippen LogP contribution in [0, 0.1) is 0 Å². The van der Waals surface area contributed by atoms with Crippen molar-refractivity contribution in [2.75, 3.05) is 4.90 Å². The molecular formula is C12H15ClN2O. The van der Waals surface area contributed by atoms with Gasteiger partial charge in [0, 0.05) is 23.2 Å². The molecule has 0 radical (unpaired) electrons. The number of rotatable bonds is 1. The first-order chi connectivity index (χ1) is 7.43. The maximum absolute atomic E-state index is 11.9. The quantitative estimate of drug-likeness (QED) is 0.815. The highest BCUT2D eigenvalue weighted by Gasteiger charge is 2.44. The van der Waals surface area contributed by atoms with Crippen LogP contribution in [0.2, 0.25) is 5.02 Å². The van der Waals surface area contributed by atoms with E-state index in [2.05, 4.69) is 0 Å². The summed E-state index contributed by atoms with van der Waals surface area (Å²) >= 11 is 5.83. The Balaban J connectivity index is 2.40. The van der Waals surface area contributed by atoms with Gasteiger partial charge >= 0.3 is 0 Å². The number of halogens is 1. The Labute approximate surface area is 100 Å². The van der Waals surface area contributed by atoms with Crippen molar-refractivity contribution in [1.29, 1.82) is 0 Å². The van der Waals surface area contributed by atoms with E-state index in [1.54, 1.807) is 17.0 Å². The van der Waals surface area contributed by atoms with Crippen LogP contribution in [0.3, 0.4) is 0 Å². The normalized spacial score (nSPS) is 23.9. The van der Waals surface area contributed by atoms with Crippen molar-refractivity contribution in [2.24, 2.45) is 5.73 Å². The van der Waals surface area contributed by atoms with E-state index in [1.165, 1.54) is 0 Å². The topological polar surface area (TPSA) is 46.3 Å². The molecule has 1 atom stereocenters. The summed E-state index contributed by atoms with van der Waals surface area (Å²) in [6.45, 7) is 3.97. The lowest BCUT2D eigenvalue weighted by Crippen LogP contribution is -2.49. The molecule has 2 rings (SSSR count).